The summed E-state index contributed by atoms with van der Waals surface area (Å²) in [5, 5.41) is 15.1. The van der Waals surface area contributed by atoms with Gasteiger partial charge >= 0.3 is 0 Å². The lowest BCUT2D eigenvalue weighted by molar-refractivity contribution is 0.310. The van der Waals surface area contributed by atoms with Gasteiger partial charge in [0.15, 0.2) is 5.84 Å². The van der Waals surface area contributed by atoms with E-state index < -0.39 is 0 Å². The van der Waals surface area contributed by atoms with Crippen molar-refractivity contribution in [3.63, 3.8) is 0 Å². The average Bonchev–Trinajstić information content (AvgIpc) is 2.96. The van der Waals surface area contributed by atoms with Crippen LogP contribution in [0.2, 0.25) is 0 Å². The molecule has 1 atom stereocenters. The van der Waals surface area contributed by atoms with Crippen LogP contribution in [0.15, 0.2) is 53.7 Å². The standard InChI is InChI=1S/C16H17N3O2/c17-16(19-20)12-7-5-11(6-8-12)9-18-14-10-21-15-4-2-1-3-13(14)15/h1-8,14,18,20H,9-10H2,(H2,17,19). The van der Waals surface area contributed by atoms with E-state index in [0.717, 1.165) is 17.9 Å². The minimum atomic E-state index is 0.118. The van der Waals surface area contributed by atoms with E-state index in [1.807, 2.05) is 42.5 Å². The molecule has 2 aromatic rings. The maximum absolute atomic E-state index is 8.63. The molecule has 0 spiro atoms. The van der Waals surface area contributed by atoms with Gasteiger partial charge in [0.1, 0.15) is 12.4 Å². The number of benzene rings is 2. The van der Waals surface area contributed by atoms with Crippen molar-refractivity contribution in [2.45, 2.75) is 12.6 Å². The zero-order chi connectivity index (χ0) is 14.7. The molecule has 0 saturated heterocycles. The molecule has 1 unspecified atom stereocenters. The molecule has 5 nitrogen and oxygen atoms in total. The van der Waals surface area contributed by atoms with E-state index in [0.29, 0.717) is 12.2 Å². The molecule has 3 rings (SSSR count). The van der Waals surface area contributed by atoms with Gasteiger partial charge < -0.3 is 21.0 Å². The number of para-hydroxylation sites is 1. The van der Waals surface area contributed by atoms with Crippen molar-refractivity contribution in [2.24, 2.45) is 10.9 Å². The summed E-state index contributed by atoms with van der Waals surface area (Å²) < 4.78 is 5.64. The lowest BCUT2D eigenvalue weighted by atomic mass is 10.1. The number of oxime groups is 1. The minimum Gasteiger partial charge on any atom is -0.491 e. The third-order valence-electron chi connectivity index (χ3n) is 3.61. The van der Waals surface area contributed by atoms with Crippen LogP contribution in [-0.4, -0.2) is 17.6 Å². The number of hydrogen-bond donors (Lipinski definition) is 3. The Kier molecular flexibility index (Phi) is 3.75. The zero-order valence-electron chi connectivity index (χ0n) is 11.5. The smallest absolute Gasteiger partial charge is 0.170 e. The zero-order valence-corrected chi connectivity index (χ0v) is 11.5. The summed E-state index contributed by atoms with van der Waals surface area (Å²) in [6.45, 7) is 1.39. The highest BCUT2D eigenvalue weighted by Gasteiger charge is 2.22. The van der Waals surface area contributed by atoms with E-state index in [4.69, 9.17) is 15.7 Å². The van der Waals surface area contributed by atoms with Crippen molar-refractivity contribution >= 4 is 5.84 Å². The molecule has 1 heterocycles. The molecular weight excluding hydrogens is 266 g/mol. The van der Waals surface area contributed by atoms with Crippen molar-refractivity contribution in [3.05, 3.63) is 65.2 Å². The molecule has 1 aliphatic heterocycles. The molecule has 0 amide bonds. The van der Waals surface area contributed by atoms with Gasteiger partial charge in [-0.1, -0.05) is 47.6 Å². The second-order valence-corrected chi connectivity index (χ2v) is 4.96. The largest absolute Gasteiger partial charge is 0.491 e. The van der Waals surface area contributed by atoms with Gasteiger partial charge in [-0.3, -0.25) is 0 Å². The van der Waals surface area contributed by atoms with Gasteiger partial charge in [0.25, 0.3) is 0 Å². The van der Waals surface area contributed by atoms with Crippen LogP contribution in [0.5, 0.6) is 5.75 Å². The van der Waals surface area contributed by atoms with Crippen LogP contribution in [-0.2, 0) is 6.54 Å². The van der Waals surface area contributed by atoms with Crippen molar-refractivity contribution in [1.82, 2.24) is 5.32 Å². The van der Waals surface area contributed by atoms with Gasteiger partial charge in [-0.15, -0.1) is 0 Å². The Labute approximate surface area is 123 Å². The molecule has 5 heteroatoms. The Bertz CT molecular complexity index is 653. The Hall–Kier alpha value is -2.53. The normalized spacial score (nSPS) is 17.3. The lowest BCUT2D eigenvalue weighted by Crippen LogP contribution is -2.22. The predicted molar refractivity (Wildman–Crippen MR) is 80.5 cm³/mol. The average molecular weight is 283 g/mol. The lowest BCUT2D eigenvalue weighted by Gasteiger charge is -2.12. The van der Waals surface area contributed by atoms with Gasteiger partial charge in [0, 0.05) is 17.7 Å². The monoisotopic (exact) mass is 283 g/mol. The van der Waals surface area contributed by atoms with E-state index in [9.17, 15) is 0 Å². The van der Waals surface area contributed by atoms with E-state index in [1.54, 1.807) is 0 Å². The highest BCUT2D eigenvalue weighted by molar-refractivity contribution is 5.96. The van der Waals surface area contributed by atoms with Gasteiger partial charge in [-0.05, 0) is 11.6 Å². The van der Waals surface area contributed by atoms with Crippen LogP contribution in [0.1, 0.15) is 22.7 Å². The molecule has 0 fully saturated rings. The number of rotatable bonds is 4. The SMILES string of the molecule is NC(=NO)c1ccc(CNC2COc3ccccc32)cc1. The molecule has 0 aromatic heterocycles. The quantitative estimate of drug-likeness (QED) is 0.347. The fourth-order valence-electron chi connectivity index (χ4n) is 2.42. The van der Waals surface area contributed by atoms with Crippen molar-refractivity contribution in [3.8, 4) is 5.75 Å². The molecule has 4 N–H and O–H groups in total. The van der Waals surface area contributed by atoms with Crippen molar-refractivity contribution < 1.29 is 9.94 Å². The summed E-state index contributed by atoms with van der Waals surface area (Å²) in [5.74, 6) is 1.07. The highest BCUT2D eigenvalue weighted by Crippen LogP contribution is 2.31. The number of nitrogens with two attached hydrogens (primary N) is 1. The van der Waals surface area contributed by atoms with Crippen LogP contribution in [0.25, 0.3) is 0 Å². The second kappa shape index (κ2) is 5.85. The summed E-state index contributed by atoms with van der Waals surface area (Å²) in [6, 6.07) is 15.9. The first-order valence-electron chi connectivity index (χ1n) is 6.80. The third kappa shape index (κ3) is 2.83. The number of nitrogens with zero attached hydrogens (tertiary/aromatic N) is 1. The molecule has 2 aromatic carbocycles. The number of hydrogen-bond acceptors (Lipinski definition) is 4. The Morgan fingerprint density at radius 1 is 1.24 bits per heavy atom. The molecule has 0 aliphatic carbocycles. The Morgan fingerprint density at radius 3 is 2.76 bits per heavy atom. The van der Waals surface area contributed by atoms with E-state index in [-0.39, 0.29) is 11.9 Å². The molecule has 0 saturated carbocycles. The maximum atomic E-state index is 8.63. The minimum absolute atomic E-state index is 0.118. The van der Waals surface area contributed by atoms with Crippen LogP contribution in [0.4, 0.5) is 0 Å². The van der Waals surface area contributed by atoms with Crippen LogP contribution >= 0.6 is 0 Å². The van der Waals surface area contributed by atoms with Crippen LogP contribution < -0.4 is 15.8 Å². The first-order valence-corrected chi connectivity index (χ1v) is 6.80. The van der Waals surface area contributed by atoms with Gasteiger partial charge in [0.05, 0.1) is 6.04 Å². The number of ether oxygens (including phenoxy) is 1. The molecule has 0 radical (unpaired) electrons. The summed E-state index contributed by atoms with van der Waals surface area (Å²) in [4.78, 5) is 0. The number of amidine groups is 1. The number of nitrogens with one attached hydrogen (secondary N) is 1. The summed E-state index contributed by atoms with van der Waals surface area (Å²) >= 11 is 0. The maximum Gasteiger partial charge on any atom is 0.170 e. The second-order valence-electron chi connectivity index (χ2n) is 4.96. The Morgan fingerprint density at radius 2 is 2.00 bits per heavy atom. The molecule has 0 bridgehead atoms. The van der Waals surface area contributed by atoms with Crippen molar-refractivity contribution in [2.75, 3.05) is 6.61 Å². The van der Waals surface area contributed by atoms with E-state index in [2.05, 4.69) is 16.5 Å². The molecule has 1 aliphatic rings. The van der Waals surface area contributed by atoms with Crippen molar-refractivity contribution in [1.29, 1.82) is 0 Å². The van der Waals surface area contributed by atoms with Gasteiger partial charge in [-0.2, -0.15) is 0 Å². The molecule has 21 heavy (non-hydrogen) atoms. The first-order chi connectivity index (χ1) is 10.3. The highest BCUT2D eigenvalue weighted by atomic mass is 16.5. The van der Waals surface area contributed by atoms with Gasteiger partial charge in [-0.25, -0.2) is 0 Å². The fraction of sp³-hybridized carbons (Fsp3) is 0.188. The third-order valence-corrected chi connectivity index (χ3v) is 3.61. The summed E-state index contributed by atoms with van der Waals surface area (Å²) in [6.07, 6.45) is 0. The van der Waals surface area contributed by atoms with Crippen LogP contribution in [0, 0.1) is 0 Å². The molecule has 108 valence electrons. The summed E-state index contributed by atoms with van der Waals surface area (Å²) in [5.41, 5.74) is 8.58. The van der Waals surface area contributed by atoms with Gasteiger partial charge in [0.2, 0.25) is 0 Å². The molecular formula is C16H17N3O2. The topological polar surface area (TPSA) is 79.9 Å². The predicted octanol–water partition coefficient (Wildman–Crippen LogP) is 2.00. The van der Waals surface area contributed by atoms with E-state index >= 15 is 0 Å². The summed E-state index contributed by atoms with van der Waals surface area (Å²) in [7, 11) is 0. The fourth-order valence-corrected chi connectivity index (χ4v) is 2.42. The first kappa shape index (κ1) is 13.5. The van der Waals surface area contributed by atoms with Crippen LogP contribution in [0.3, 0.4) is 0 Å². The Balaban J connectivity index is 1.64. The van der Waals surface area contributed by atoms with E-state index in [1.165, 1.54) is 5.56 Å². The number of fused-ring (bicyclic) bond motifs is 1.